The van der Waals surface area contributed by atoms with Gasteiger partial charge in [-0.2, -0.15) is 8.42 Å². The van der Waals surface area contributed by atoms with E-state index >= 15 is 0 Å². The lowest BCUT2D eigenvalue weighted by molar-refractivity contribution is -0.117. The largest absolute Gasteiger partial charge is 0.362 e. The lowest BCUT2D eigenvalue weighted by atomic mass is 9.87. The van der Waals surface area contributed by atoms with Gasteiger partial charge in [-0.3, -0.25) is 4.79 Å². The molecule has 6 nitrogen and oxygen atoms in total. The van der Waals surface area contributed by atoms with E-state index in [-0.39, 0.29) is 10.8 Å². The summed E-state index contributed by atoms with van der Waals surface area (Å²) in [5, 5.41) is 2.84. The second-order valence-electron chi connectivity index (χ2n) is 7.29. The zero-order valence-electron chi connectivity index (χ0n) is 15.3. The first-order chi connectivity index (χ1) is 12.4. The number of hydrogen-bond acceptors (Lipinski definition) is 3. The molecule has 1 aromatic carbocycles. The summed E-state index contributed by atoms with van der Waals surface area (Å²) in [6.07, 6.45) is 7.95. The number of anilines is 1. The number of nitrogens with zero attached hydrogens (tertiary/aromatic N) is 2. The molecule has 1 saturated carbocycles. The molecule has 1 heterocycles. The molecule has 1 N–H and O–H groups in total. The third-order valence-electron chi connectivity index (χ3n) is 5.17. The van der Waals surface area contributed by atoms with Gasteiger partial charge in [0.2, 0.25) is 5.91 Å². The van der Waals surface area contributed by atoms with Gasteiger partial charge in [-0.05, 0) is 43.4 Å². The molecular weight excluding hydrogens is 350 g/mol. The number of nitrogens with one attached hydrogen (secondary N) is 1. The van der Waals surface area contributed by atoms with Crippen LogP contribution in [0.5, 0.6) is 0 Å². The molecule has 1 amide bonds. The van der Waals surface area contributed by atoms with Gasteiger partial charge in [0.05, 0.1) is 4.90 Å². The van der Waals surface area contributed by atoms with Gasteiger partial charge in [0.1, 0.15) is 5.84 Å². The molecule has 0 radical (unpaired) electrons. The van der Waals surface area contributed by atoms with Gasteiger partial charge in [-0.1, -0.05) is 25.3 Å². The van der Waals surface area contributed by atoms with Gasteiger partial charge in [-0.15, -0.1) is 4.40 Å². The van der Waals surface area contributed by atoms with Crippen LogP contribution in [0.1, 0.15) is 51.4 Å². The van der Waals surface area contributed by atoms with Gasteiger partial charge >= 0.3 is 0 Å². The van der Waals surface area contributed by atoms with Crippen molar-refractivity contribution in [3.8, 4) is 0 Å². The maximum atomic E-state index is 12.6. The first-order valence-electron chi connectivity index (χ1n) is 9.39. The molecule has 0 spiro atoms. The summed E-state index contributed by atoms with van der Waals surface area (Å²) >= 11 is 0. The highest BCUT2D eigenvalue weighted by molar-refractivity contribution is 7.90. The summed E-state index contributed by atoms with van der Waals surface area (Å²) in [7, 11) is -1.92. The summed E-state index contributed by atoms with van der Waals surface area (Å²) in [5.74, 6) is 0.991. The number of amides is 1. The Hall–Kier alpha value is -1.89. The van der Waals surface area contributed by atoms with E-state index in [2.05, 4.69) is 9.71 Å². The van der Waals surface area contributed by atoms with Crippen molar-refractivity contribution in [3.63, 3.8) is 0 Å². The van der Waals surface area contributed by atoms with Crippen LogP contribution in [0.25, 0.3) is 0 Å². The second kappa shape index (κ2) is 8.20. The Morgan fingerprint density at radius 2 is 2.00 bits per heavy atom. The lowest BCUT2D eigenvalue weighted by Crippen LogP contribution is -2.20. The van der Waals surface area contributed by atoms with Crippen LogP contribution in [0.2, 0.25) is 0 Å². The monoisotopic (exact) mass is 377 g/mol. The normalized spacial score (nSPS) is 20.5. The van der Waals surface area contributed by atoms with Gasteiger partial charge in [0.25, 0.3) is 10.0 Å². The van der Waals surface area contributed by atoms with Crippen LogP contribution in [0.4, 0.5) is 5.69 Å². The van der Waals surface area contributed by atoms with Crippen molar-refractivity contribution in [2.75, 3.05) is 18.9 Å². The highest BCUT2D eigenvalue weighted by Crippen LogP contribution is 2.27. The number of benzene rings is 1. The van der Waals surface area contributed by atoms with Crippen molar-refractivity contribution in [1.82, 2.24) is 4.90 Å². The Balaban J connectivity index is 1.68. The molecule has 3 rings (SSSR count). The van der Waals surface area contributed by atoms with Crippen LogP contribution in [-0.4, -0.2) is 38.7 Å². The van der Waals surface area contributed by atoms with Gasteiger partial charge in [-0.25, -0.2) is 0 Å². The van der Waals surface area contributed by atoms with E-state index in [0.29, 0.717) is 30.3 Å². The third kappa shape index (κ3) is 4.84. The smallest absolute Gasteiger partial charge is 0.284 e. The number of amidine groups is 1. The quantitative estimate of drug-likeness (QED) is 0.853. The maximum Gasteiger partial charge on any atom is 0.284 e. The van der Waals surface area contributed by atoms with Gasteiger partial charge < -0.3 is 10.2 Å². The highest BCUT2D eigenvalue weighted by Gasteiger charge is 2.21. The van der Waals surface area contributed by atoms with E-state index < -0.39 is 10.0 Å². The summed E-state index contributed by atoms with van der Waals surface area (Å²) in [6.45, 7) is 0.825. The van der Waals surface area contributed by atoms with Crippen molar-refractivity contribution in [1.29, 1.82) is 0 Å². The molecule has 1 aliphatic carbocycles. The minimum absolute atomic E-state index is 0.0479. The Morgan fingerprint density at radius 3 is 2.69 bits per heavy atom. The average Bonchev–Trinajstić information content (AvgIpc) is 3.00. The molecule has 142 valence electrons. The Bertz CT molecular complexity index is 783. The minimum atomic E-state index is -3.77. The van der Waals surface area contributed by atoms with E-state index in [1.807, 2.05) is 11.9 Å². The summed E-state index contributed by atoms with van der Waals surface area (Å²) in [4.78, 5) is 14.2. The van der Waals surface area contributed by atoms with Crippen molar-refractivity contribution >= 4 is 27.5 Å². The fourth-order valence-electron chi connectivity index (χ4n) is 3.70. The van der Waals surface area contributed by atoms with Crippen molar-refractivity contribution in [2.45, 2.75) is 56.3 Å². The number of hydrogen-bond donors (Lipinski definition) is 1. The molecule has 1 aromatic rings. The fourth-order valence-corrected chi connectivity index (χ4v) is 4.84. The van der Waals surface area contributed by atoms with Crippen LogP contribution in [0, 0.1) is 5.92 Å². The Kier molecular flexibility index (Phi) is 5.96. The molecule has 2 aliphatic rings. The van der Waals surface area contributed by atoms with E-state index in [1.165, 1.54) is 31.4 Å². The summed E-state index contributed by atoms with van der Waals surface area (Å²) < 4.78 is 29.1. The third-order valence-corrected chi connectivity index (χ3v) is 6.48. The number of carbonyl (C=O) groups excluding carboxylic acids is 1. The fraction of sp³-hybridized carbons (Fsp3) is 0.579. The van der Waals surface area contributed by atoms with Crippen LogP contribution in [-0.2, 0) is 14.8 Å². The molecule has 0 unspecified atom stereocenters. The van der Waals surface area contributed by atoms with Crippen LogP contribution in [0.15, 0.2) is 33.6 Å². The topological polar surface area (TPSA) is 78.8 Å². The lowest BCUT2D eigenvalue weighted by Gasteiger charge is -2.20. The van der Waals surface area contributed by atoms with Crippen molar-refractivity contribution in [3.05, 3.63) is 24.3 Å². The predicted octanol–water partition coefficient (Wildman–Crippen LogP) is 3.41. The number of likely N-dealkylation sites (tertiary alicyclic amines) is 1. The molecule has 1 saturated heterocycles. The summed E-state index contributed by atoms with van der Waals surface area (Å²) in [6, 6.07) is 6.37. The predicted molar refractivity (Wildman–Crippen MR) is 103 cm³/mol. The molecule has 0 aromatic heterocycles. The zero-order chi connectivity index (χ0) is 18.6. The number of sulfonamides is 1. The van der Waals surface area contributed by atoms with E-state index in [0.717, 1.165) is 25.8 Å². The van der Waals surface area contributed by atoms with Crippen LogP contribution in [0.3, 0.4) is 0 Å². The Morgan fingerprint density at radius 1 is 1.23 bits per heavy atom. The average molecular weight is 378 g/mol. The van der Waals surface area contributed by atoms with Gasteiger partial charge in [0.15, 0.2) is 0 Å². The molecule has 7 heteroatoms. The molecule has 1 aliphatic heterocycles. The van der Waals surface area contributed by atoms with E-state index in [1.54, 1.807) is 12.1 Å². The highest BCUT2D eigenvalue weighted by atomic mass is 32.2. The van der Waals surface area contributed by atoms with Crippen LogP contribution >= 0.6 is 0 Å². The van der Waals surface area contributed by atoms with Crippen molar-refractivity contribution < 1.29 is 13.2 Å². The molecular formula is C19H27N3O3S. The summed E-state index contributed by atoms with van der Waals surface area (Å²) in [5.41, 5.74) is 0.506. The molecule has 26 heavy (non-hydrogen) atoms. The molecule has 0 bridgehead atoms. The molecule has 0 atom stereocenters. The SMILES string of the molecule is CN1CCCC1=NS(=O)(=O)c1cccc(NC(=O)CC2CCCCC2)c1. The standard InChI is InChI=1S/C19H27N3O3S/c1-22-12-6-11-18(22)21-26(24,25)17-10-5-9-16(14-17)20-19(23)13-15-7-3-2-4-8-15/h5,9-10,14-15H,2-4,6-8,11-13H2,1H3,(H,20,23). The molecule has 2 fully saturated rings. The van der Waals surface area contributed by atoms with E-state index in [9.17, 15) is 13.2 Å². The first-order valence-corrected chi connectivity index (χ1v) is 10.8. The zero-order valence-corrected chi connectivity index (χ0v) is 16.1. The van der Waals surface area contributed by atoms with Crippen LogP contribution < -0.4 is 5.32 Å². The Labute approximate surface area is 155 Å². The van der Waals surface area contributed by atoms with Crippen molar-refractivity contribution in [2.24, 2.45) is 10.3 Å². The number of rotatable bonds is 5. The van der Waals surface area contributed by atoms with E-state index in [4.69, 9.17) is 0 Å². The minimum Gasteiger partial charge on any atom is -0.362 e. The maximum absolute atomic E-state index is 12.6. The second-order valence-corrected chi connectivity index (χ2v) is 8.90. The first kappa shape index (κ1) is 18.9. The van der Waals surface area contributed by atoms with Gasteiger partial charge in [0, 0.05) is 32.1 Å². The number of carbonyl (C=O) groups is 1.